The second-order valence-electron chi connectivity index (χ2n) is 7.90. The Bertz CT molecular complexity index is 865. The summed E-state index contributed by atoms with van der Waals surface area (Å²) in [6, 6.07) is 15.8. The maximum atomic E-state index is 12.8. The average molecular weight is 378 g/mol. The molecule has 1 unspecified atom stereocenters. The number of ketones is 1. The molecule has 2 aliphatic rings. The monoisotopic (exact) mass is 378 g/mol. The fraction of sp³-hybridized carbons (Fsp3) is 0.391. The molecular formula is C23H26N2O3. The van der Waals surface area contributed by atoms with Crippen LogP contribution in [0.1, 0.15) is 34.7 Å². The van der Waals surface area contributed by atoms with Crippen molar-refractivity contribution >= 4 is 11.7 Å². The van der Waals surface area contributed by atoms with Crippen molar-refractivity contribution in [3.05, 3.63) is 70.8 Å². The highest BCUT2D eigenvalue weighted by Gasteiger charge is 2.25. The fourth-order valence-corrected chi connectivity index (χ4v) is 4.20. The highest BCUT2D eigenvalue weighted by Crippen LogP contribution is 2.22. The summed E-state index contributed by atoms with van der Waals surface area (Å²) in [5, 5.41) is 13.0. The Labute approximate surface area is 165 Å². The van der Waals surface area contributed by atoms with Gasteiger partial charge in [-0.1, -0.05) is 48.5 Å². The molecule has 2 N–H and O–H groups in total. The number of aliphatic hydroxyl groups excluding tert-OH is 1. The predicted molar refractivity (Wildman–Crippen MR) is 107 cm³/mol. The number of amides is 1. The van der Waals surface area contributed by atoms with Gasteiger partial charge < -0.3 is 10.4 Å². The minimum Gasteiger partial charge on any atom is -0.392 e. The summed E-state index contributed by atoms with van der Waals surface area (Å²) in [5.41, 5.74) is 4.15. The third-order valence-electron chi connectivity index (χ3n) is 5.64. The van der Waals surface area contributed by atoms with Crippen molar-refractivity contribution < 1.29 is 14.7 Å². The molecule has 2 aromatic rings. The van der Waals surface area contributed by atoms with Crippen molar-refractivity contribution in [2.45, 2.75) is 37.8 Å². The number of Topliss-reactive ketones (excluding diaryl/α,β-unsaturated/α-hetero) is 1. The van der Waals surface area contributed by atoms with Crippen molar-refractivity contribution in [3.63, 3.8) is 0 Å². The van der Waals surface area contributed by atoms with Crippen LogP contribution in [0.2, 0.25) is 0 Å². The zero-order valence-electron chi connectivity index (χ0n) is 15.9. The van der Waals surface area contributed by atoms with Crippen LogP contribution in [0.25, 0.3) is 0 Å². The van der Waals surface area contributed by atoms with Gasteiger partial charge in [0.05, 0.1) is 18.6 Å². The van der Waals surface area contributed by atoms with E-state index < -0.39 is 0 Å². The van der Waals surface area contributed by atoms with Gasteiger partial charge in [0.15, 0.2) is 0 Å². The molecule has 0 spiro atoms. The third-order valence-corrected chi connectivity index (χ3v) is 5.64. The molecule has 0 aromatic heterocycles. The van der Waals surface area contributed by atoms with Crippen molar-refractivity contribution in [2.75, 3.05) is 19.6 Å². The lowest BCUT2D eigenvalue weighted by atomic mass is 10.0. The van der Waals surface area contributed by atoms with E-state index in [1.54, 1.807) is 0 Å². The van der Waals surface area contributed by atoms with Gasteiger partial charge in [0, 0.05) is 32.5 Å². The van der Waals surface area contributed by atoms with Gasteiger partial charge in [-0.05, 0) is 28.7 Å². The minimum absolute atomic E-state index is 0.0297. The van der Waals surface area contributed by atoms with E-state index in [-0.39, 0.29) is 23.8 Å². The van der Waals surface area contributed by atoms with E-state index in [4.69, 9.17) is 0 Å². The number of nitrogens with one attached hydrogen (secondary N) is 1. The van der Waals surface area contributed by atoms with E-state index in [1.807, 2.05) is 48.5 Å². The lowest BCUT2D eigenvalue weighted by Crippen LogP contribution is -2.38. The quantitative estimate of drug-likeness (QED) is 0.805. The summed E-state index contributed by atoms with van der Waals surface area (Å²) < 4.78 is 0. The smallest absolute Gasteiger partial charge is 0.224 e. The molecule has 1 fully saturated rings. The van der Waals surface area contributed by atoms with Gasteiger partial charge in [0.25, 0.3) is 0 Å². The Balaban J connectivity index is 1.43. The summed E-state index contributed by atoms with van der Waals surface area (Å²) >= 11 is 0. The van der Waals surface area contributed by atoms with Crippen molar-refractivity contribution in [2.24, 2.45) is 0 Å². The van der Waals surface area contributed by atoms with Crippen LogP contribution in [-0.2, 0) is 28.9 Å². The first-order valence-corrected chi connectivity index (χ1v) is 9.94. The Morgan fingerprint density at radius 3 is 2.68 bits per heavy atom. The number of aliphatic hydroxyl groups is 1. The number of likely N-dealkylation sites (tertiary alicyclic amines) is 1. The Morgan fingerprint density at radius 1 is 1.14 bits per heavy atom. The van der Waals surface area contributed by atoms with Crippen LogP contribution < -0.4 is 5.32 Å². The van der Waals surface area contributed by atoms with Crippen LogP contribution in [-0.4, -0.2) is 47.4 Å². The molecule has 1 aliphatic carbocycles. The number of carbonyl (C=O) groups is 2. The summed E-state index contributed by atoms with van der Waals surface area (Å²) in [5.74, 6) is 0.214. The van der Waals surface area contributed by atoms with Crippen LogP contribution in [0.3, 0.4) is 0 Å². The molecule has 1 saturated heterocycles. The highest BCUT2D eigenvalue weighted by atomic mass is 16.3. The average Bonchev–Trinajstić information content (AvgIpc) is 3.25. The first-order valence-electron chi connectivity index (χ1n) is 9.94. The van der Waals surface area contributed by atoms with Crippen LogP contribution in [0.15, 0.2) is 48.5 Å². The number of fused-ring (bicyclic) bond motifs is 1. The Kier molecular flexibility index (Phi) is 5.55. The van der Waals surface area contributed by atoms with Crippen molar-refractivity contribution in [3.8, 4) is 0 Å². The number of β-amino-alcohol motifs (C(OH)–C–C–N with tert-alkyl or cyclic N) is 1. The molecule has 2 atom stereocenters. The minimum atomic E-state index is -0.277. The second-order valence-corrected chi connectivity index (χ2v) is 7.90. The van der Waals surface area contributed by atoms with Crippen LogP contribution in [0.4, 0.5) is 0 Å². The number of nitrogens with zero attached hydrogens (tertiary/aromatic N) is 1. The molecule has 28 heavy (non-hydrogen) atoms. The van der Waals surface area contributed by atoms with Gasteiger partial charge in [0.1, 0.15) is 5.78 Å². The molecule has 5 nitrogen and oxygen atoms in total. The molecule has 0 bridgehead atoms. The van der Waals surface area contributed by atoms with E-state index >= 15 is 0 Å². The number of rotatable bonds is 6. The zero-order chi connectivity index (χ0) is 19.5. The predicted octanol–water partition coefficient (Wildman–Crippen LogP) is 1.82. The Morgan fingerprint density at radius 2 is 1.93 bits per heavy atom. The Hall–Kier alpha value is -2.50. The molecule has 0 radical (unpaired) electrons. The van der Waals surface area contributed by atoms with Gasteiger partial charge in [-0.15, -0.1) is 0 Å². The molecule has 4 rings (SSSR count). The summed E-state index contributed by atoms with van der Waals surface area (Å²) in [7, 11) is 0. The molecule has 1 heterocycles. The highest BCUT2D eigenvalue weighted by molar-refractivity contribution is 5.88. The van der Waals surface area contributed by atoms with E-state index in [0.29, 0.717) is 32.4 Å². The first kappa shape index (κ1) is 18.8. The van der Waals surface area contributed by atoms with E-state index in [9.17, 15) is 14.7 Å². The van der Waals surface area contributed by atoms with Crippen molar-refractivity contribution in [1.82, 2.24) is 10.2 Å². The normalized spacial score (nSPS) is 20.2. The third kappa shape index (κ3) is 4.49. The molecule has 1 amide bonds. The molecular weight excluding hydrogens is 352 g/mol. The summed E-state index contributed by atoms with van der Waals surface area (Å²) in [4.78, 5) is 26.6. The van der Waals surface area contributed by atoms with Crippen LogP contribution in [0, 0.1) is 0 Å². The number of benzene rings is 2. The molecule has 5 heteroatoms. The number of carbonyl (C=O) groups excluding carboxylic acids is 2. The van der Waals surface area contributed by atoms with E-state index in [2.05, 4.69) is 10.2 Å². The maximum Gasteiger partial charge on any atom is 0.224 e. The van der Waals surface area contributed by atoms with Gasteiger partial charge >= 0.3 is 0 Å². The van der Waals surface area contributed by atoms with Gasteiger partial charge in [-0.3, -0.25) is 14.5 Å². The van der Waals surface area contributed by atoms with Gasteiger partial charge in [-0.25, -0.2) is 0 Å². The summed E-state index contributed by atoms with van der Waals surface area (Å²) in [6.45, 7) is 2.18. The largest absolute Gasteiger partial charge is 0.392 e. The van der Waals surface area contributed by atoms with Gasteiger partial charge in [0.2, 0.25) is 5.91 Å². The topological polar surface area (TPSA) is 69.6 Å². The lowest BCUT2D eigenvalue weighted by Gasteiger charge is -2.25. The number of hydrogen-bond acceptors (Lipinski definition) is 4. The second kappa shape index (κ2) is 8.25. The molecule has 1 aliphatic heterocycles. The van der Waals surface area contributed by atoms with Crippen molar-refractivity contribution in [1.29, 1.82) is 0 Å². The number of hydrogen-bond donors (Lipinski definition) is 2. The zero-order valence-corrected chi connectivity index (χ0v) is 15.9. The SMILES string of the molecule is O=C1Cc2ccc(CC(=O)NC(CN3CC[C@H](O)C3)c3ccccc3)cc2C1. The summed E-state index contributed by atoms with van der Waals surface area (Å²) in [6.07, 6.45) is 1.80. The first-order chi connectivity index (χ1) is 13.6. The molecule has 0 saturated carbocycles. The standard InChI is InChI=1S/C23H26N2O3/c26-20-8-9-25(14-20)15-22(17-4-2-1-3-5-17)24-23(28)11-16-6-7-18-12-21(27)13-19(18)10-16/h1-7,10,20,22,26H,8-9,11-15H2,(H,24,28)/t20-,22?/m0/s1. The van der Waals surface area contributed by atoms with E-state index in [1.165, 1.54) is 0 Å². The van der Waals surface area contributed by atoms with Crippen LogP contribution >= 0.6 is 0 Å². The molecule has 2 aromatic carbocycles. The van der Waals surface area contributed by atoms with Gasteiger partial charge in [-0.2, -0.15) is 0 Å². The van der Waals surface area contributed by atoms with E-state index in [0.717, 1.165) is 35.2 Å². The lowest BCUT2D eigenvalue weighted by molar-refractivity contribution is -0.121. The maximum absolute atomic E-state index is 12.8. The molecule has 146 valence electrons. The fourth-order valence-electron chi connectivity index (χ4n) is 4.20. The van der Waals surface area contributed by atoms with Crippen LogP contribution in [0.5, 0.6) is 0 Å².